The number of aldehydes is 1. The van der Waals surface area contributed by atoms with Crippen LogP contribution in [0.2, 0.25) is 0 Å². The topological polar surface area (TPSA) is 149 Å². The lowest BCUT2D eigenvalue weighted by Crippen LogP contribution is -2.27. The molecule has 0 unspecified atom stereocenters. The van der Waals surface area contributed by atoms with Gasteiger partial charge >= 0.3 is 0 Å². The number of thiol groups is 1. The van der Waals surface area contributed by atoms with Gasteiger partial charge < -0.3 is 26.8 Å². The highest BCUT2D eigenvalue weighted by molar-refractivity contribution is 7.79. The van der Waals surface area contributed by atoms with Crippen LogP contribution in [0.25, 0.3) is 0 Å². The standard InChI is InChI=1S/C22H29N5O3.C6H15N.CH4S/c1-13-6-7-14(8-19(13)27(25)11-16(23)12-28)21(29)26-18-10-15(22(2,3)4)9-17(24)20(18)30-5;1-6(2,3)5-7-4;1-2/h6-12H,23-25H2,1-5H3,(H,26,29);7H,5H2,1-4H3;2H,1H3/b16-11-;;. The maximum absolute atomic E-state index is 13.0. The van der Waals surface area contributed by atoms with Crippen molar-refractivity contribution in [3.63, 3.8) is 0 Å². The van der Waals surface area contributed by atoms with E-state index in [2.05, 4.69) is 64.8 Å². The monoisotopic (exact) mass is 560 g/mol. The molecule has 0 aliphatic heterocycles. The van der Waals surface area contributed by atoms with Crippen LogP contribution in [-0.4, -0.2) is 39.2 Å². The summed E-state index contributed by atoms with van der Waals surface area (Å²) >= 11 is 3.53. The Morgan fingerprint density at radius 2 is 1.69 bits per heavy atom. The summed E-state index contributed by atoms with van der Waals surface area (Å²) in [6.07, 6.45) is 3.47. The average molecular weight is 561 g/mol. The number of hydrogen-bond acceptors (Lipinski definition) is 9. The van der Waals surface area contributed by atoms with Gasteiger partial charge in [0.25, 0.3) is 5.91 Å². The SMILES string of the molecule is CNCC(C)(C)C.COc1c(N)cc(C(C)(C)C)cc1NC(=O)c1ccc(C)c(N(N)/C=C(\N)C=O)c1.CS. The van der Waals surface area contributed by atoms with Crippen LogP contribution in [-0.2, 0) is 10.2 Å². The van der Waals surface area contributed by atoms with Gasteiger partial charge in [-0.3, -0.25) is 14.6 Å². The normalized spacial score (nSPS) is 11.3. The van der Waals surface area contributed by atoms with Gasteiger partial charge in [0.2, 0.25) is 0 Å². The number of nitrogens with zero attached hydrogens (tertiary/aromatic N) is 1. The third-order valence-corrected chi connectivity index (χ3v) is 5.32. The van der Waals surface area contributed by atoms with Gasteiger partial charge in [0.05, 0.1) is 29.9 Å². The molecule has 2 aromatic carbocycles. The van der Waals surface area contributed by atoms with Crippen LogP contribution in [0.5, 0.6) is 5.75 Å². The predicted molar refractivity (Wildman–Crippen MR) is 169 cm³/mol. The highest BCUT2D eigenvalue weighted by Gasteiger charge is 2.20. The van der Waals surface area contributed by atoms with Gasteiger partial charge in [0, 0.05) is 11.8 Å². The number of aryl methyl sites for hydroxylation is 1. The lowest BCUT2D eigenvalue weighted by Gasteiger charge is -2.23. The minimum Gasteiger partial charge on any atom is -0.492 e. The quantitative estimate of drug-likeness (QED) is 0.0718. The van der Waals surface area contributed by atoms with Crippen molar-refractivity contribution in [2.75, 3.05) is 43.0 Å². The first-order valence-electron chi connectivity index (χ1n) is 12.5. The maximum atomic E-state index is 13.0. The summed E-state index contributed by atoms with van der Waals surface area (Å²) in [7, 11) is 3.48. The third kappa shape index (κ3) is 12.0. The van der Waals surface area contributed by atoms with Crippen molar-refractivity contribution in [1.29, 1.82) is 0 Å². The van der Waals surface area contributed by atoms with Crippen LogP contribution < -0.4 is 37.7 Å². The van der Waals surface area contributed by atoms with Crippen molar-refractivity contribution in [3.8, 4) is 5.75 Å². The molecule has 2 rings (SSSR count). The summed E-state index contributed by atoms with van der Waals surface area (Å²) in [6, 6.07) is 8.74. The van der Waals surface area contributed by atoms with Crippen molar-refractivity contribution < 1.29 is 14.3 Å². The summed E-state index contributed by atoms with van der Waals surface area (Å²) in [5, 5.41) is 7.18. The Balaban J connectivity index is 0.00000139. The molecule has 0 saturated heterocycles. The van der Waals surface area contributed by atoms with Crippen LogP contribution in [0.15, 0.2) is 42.2 Å². The van der Waals surface area contributed by atoms with Gasteiger partial charge in [-0.1, -0.05) is 47.6 Å². The maximum Gasteiger partial charge on any atom is 0.255 e. The molecule has 0 spiro atoms. The van der Waals surface area contributed by atoms with Gasteiger partial charge in [-0.05, 0) is 73.0 Å². The molecule has 0 atom stereocenters. The number of amides is 1. The Labute approximate surface area is 239 Å². The average Bonchev–Trinajstić information content (AvgIpc) is 2.84. The van der Waals surface area contributed by atoms with E-state index in [4.69, 9.17) is 22.0 Å². The number of anilines is 3. The molecule has 0 aliphatic carbocycles. The van der Waals surface area contributed by atoms with Crippen LogP contribution in [0.3, 0.4) is 0 Å². The molecule has 0 aromatic heterocycles. The minimum absolute atomic E-state index is 0.0361. The molecule has 39 heavy (non-hydrogen) atoms. The van der Waals surface area contributed by atoms with Crippen LogP contribution in [0.1, 0.15) is 63.0 Å². The van der Waals surface area contributed by atoms with Gasteiger partial charge in [0.15, 0.2) is 12.0 Å². The van der Waals surface area contributed by atoms with Gasteiger partial charge in [-0.25, -0.2) is 5.84 Å². The first kappa shape index (κ1) is 35.8. The Morgan fingerprint density at radius 3 is 2.13 bits per heavy atom. The molecule has 8 N–H and O–H groups in total. The number of carbonyl (C=O) groups excluding carboxylic acids is 2. The number of carbonyl (C=O) groups is 2. The molecular formula is C29H48N6O3S. The van der Waals surface area contributed by atoms with Gasteiger partial charge in [-0.15, -0.1) is 0 Å². The number of hydrazine groups is 1. The zero-order valence-electron chi connectivity index (χ0n) is 25.1. The number of rotatable bonds is 7. The van der Waals surface area contributed by atoms with Crippen molar-refractivity contribution in [2.45, 2.75) is 53.9 Å². The fraction of sp³-hybridized carbons (Fsp3) is 0.448. The fourth-order valence-corrected chi connectivity index (χ4v) is 3.42. The molecular weight excluding hydrogens is 512 g/mol. The lowest BCUT2D eigenvalue weighted by molar-refractivity contribution is -0.105. The number of benzene rings is 2. The van der Waals surface area contributed by atoms with E-state index in [0.717, 1.165) is 17.7 Å². The Kier molecular flexibility index (Phi) is 14.7. The molecule has 0 radical (unpaired) electrons. The van der Waals surface area contributed by atoms with E-state index < -0.39 is 0 Å². The first-order chi connectivity index (χ1) is 18.0. The van der Waals surface area contributed by atoms with E-state index in [1.165, 1.54) is 18.3 Å². The molecule has 0 aliphatic rings. The van der Waals surface area contributed by atoms with E-state index >= 15 is 0 Å². The summed E-state index contributed by atoms with van der Waals surface area (Å²) in [4.78, 5) is 23.7. The van der Waals surface area contributed by atoms with E-state index in [9.17, 15) is 9.59 Å². The molecule has 0 fully saturated rings. The minimum atomic E-state index is -0.360. The van der Waals surface area contributed by atoms with E-state index in [1.807, 2.05) is 26.1 Å². The van der Waals surface area contributed by atoms with Crippen molar-refractivity contribution >= 4 is 41.9 Å². The number of hydrogen-bond donors (Lipinski definition) is 6. The zero-order chi connectivity index (χ0) is 30.6. The molecule has 0 bridgehead atoms. The number of methoxy groups -OCH3 is 1. The highest BCUT2D eigenvalue weighted by Crippen LogP contribution is 2.37. The highest BCUT2D eigenvalue weighted by atomic mass is 32.1. The van der Waals surface area contributed by atoms with Crippen LogP contribution in [0.4, 0.5) is 17.1 Å². The van der Waals surface area contributed by atoms with E-state index in [1.54, 1.807) is 24.5 Å². The van der Waals surface area contributed by atoms with Gasteiger partial charge in [0.1, 0.15) is 0 Å². The number of allylic oxidation sites excluding steroid dienone is 1. The Morgan fingerprint density at radius 1 is 1.10 bits per heavy atom. The largest absolute Gasteiger partial charge is 0.492 e. The molecule has 9 nitrogen and oxygen atoms in total. The second-order valence-corrected chi connectivity index (χ2v) is 11.1. The molecule has 1 amide bonds. The Hall–Kier alpha value is -3.21. The van der Waals surface area contributed by atoms with Crippen LogP contribution in [0, 0.1) is 12.3 Å². The third-order valence-electron chi connectivity index (χ3n) is 5.32. The number of nitrogen functional groups attached to an aromatic ring is 1. The zero-order valence-corrected chi connectivity index (χ0v) is 26.0. The number of nitrogens with two attached hydrogens (primary N) is 3. The summed E-state index contributed by atoms with van der Waals surface area (Å²) < 4.78 is 5.40. The van der Waals surface area contributed by atoms with Gasteiger partial charge in [-0.2, -0.15) is 12.6 Å². The van der Waals surface area contributed by atoms with Crippen molar-refractivity contribution in [2.24, 2.45) is 17.0 Å². The smallest absolute Gasteiger partial charge is 0.255 e. The summed E-state index contributed by atoms with van der Waals surface area (Å²) in [6.45, 7) is 15.7. The summed E-state index contributed by atoms with van der Waals surface area (Å²) in [5.41, 5.74) is 15.5. The summed E-state index contributed by atoms with van der Waals surface area (Å²) in [5.74, 6) is 6.01. The first-order valence-corrected chi connectivity index (χ1v) is 13.4. The molecule has 10 heteroatoms. The second-order valence-electron chi connectivity index (χ2n) is 11.1. The van der Waals surface area contributed by atoms with Crippen molar-refractivity contribution in [3.05, 3.63) is 58.9 Å². The Bertz CT molecular complexity index is 1120. The molecule has 0 saturated carbocycles. The lowest BCUT2D eigenvalue weighted by atomic mass is 9.86. The fourth-order valence-electron chi connectivity index (χ4n) is 3.42. The molecule has 0 heterocycles. The number of ether oxygens (including phenoxy) is 1. The predicted octanol–water partition coefficient (Wildman–Crippen LogP) is 4.61. The second kappa shape index (κ2) is 16.0. The number of nitrogens with one attached hydrogen (secondary N) is 2. The van der Waals surface area contributed by atoms with E-state index in [-0.39, 0.29) is 17.0 Å². The van der Waals surface area contributed by atoms with Crippen LogP contribution >= 0.6 is 12.6 Å². The molecule has 218 valence electrons. The van der Waals surface area contributed by atoms with E-state index in [0.29, 0.717) is 40.1 Å². The molecule has 2 aromatic rings. The van der Waals surface area contributed by atoms with Crippen molar-refractivity contribution in [1.82, 2.24) is 5.32 Å².